The van der Waals surface area contributed by atoms with Crippen molar-refractivity contribution in [3.05, 3.63) is 60.2 Å². The molecule has 5 amide bonds. The molecule has 43 nitrogen and oxygen atoms in total. The number of carboxylic acids is 9. The predicted molar refractivity (Wildman–Crippen MR) is 394 cm³/mol. The van der Waals surface area contributed by atoms with E-state index >= 15 is 0 Å². The number of amides is 5. The molecule has 43 heteroatoms. The number of alkyl carbamates (subject to hydrolysis) is 1. The van der Waals surface area contributed by atoms with Gasteiger partial charge in [0.05, 0.1) is 236 Å². The smallest absolute Gasteiger partial charge is 0.407 e. The highest BCUT2D eigenvalue weighted by Crippen LogP contribution is 2.29. The highest BCUT2D eigenvalue weighted by atomic mass is 16.6. The van der Waals surface area contributed by atoms with Gasteiger partial charge in [-0.25, -0.2) is 4.79 Å². The van der Waals surface area contributed by atoms with Gasteiger partial charge in [0.1, 0.15) is 29.8 Å². The molecule has 3 aromatic carbocycles. The lowest BCUT2D eigenvalue weighted by Gasteiger charge is -2.35. The fraction of sp³-hybridized carbons (Fsp3) is 0.616. The highest BCUT2D eigenvalue weighted by molar-refractivity contribution is 6.02. The van der Waals surface area contributed by atoms with Crippen LogP contribution in [0.4, 0.5) is 4.79 Å². The Hall–Kier alpha value is -10.0. The number of fused-ring (bicyclic) bond motifs is 2. The molecule has 0 aliphatic rings. The fourth-order valence-corrected chi connectivity index (χ4v) is 10.3. The Morgan fingerprint density at radius 1 is 0.284 bits per heavy atom. The van der Waals surface area contributed by atoms with E-state index in [1.54, 1.807) is 0 Å². The summed E-state index contributed by atoms with van der Waals surface area (Å²) in [4.78, 5) is 172. The van der Waals surface area contributed by atoms with Crippen molar-refractivity contribution in [1.29, 1.82) is 0 Å². The van der Waals surface area contributed by atoms with Crippen LogP contribution in [0, 0.1) is 0 Å². The second-order valence-corrected chi connectivity index (χ2v) is 26.0. The minimum absolute atomic E-state index is 0.0115. The summed E-state index contributed by atoms with van der Waals surface area (Å²) in [6, 6.07) is 17.4. The van der Waals surface area contributed by atoms with Crippen molar-refractivity contribution < 1.29 is 184 Å². The van der Waals surface area contributed by atoms with Crippen LogP contribution in [0.1, 0.15) is 82.6 Å². The molecule has 0 spiro atoms. The molecule has 0 radical (unpaired) electrons. The SMILES string of the molecule is O=C(O)CCOCC(COCCC(=O)O)(COCCC(=O)O)NC(=O)CCOCC(COCCC(=O)NC(COCCC(=O)O)(COCCC(=O)O)COCCC(=O)O)(COCCC(=O)NC(COCCC(=O)O)(COCCC(=O)O)OCCC(=O)O)NC(=O)COCCOCCNC(=O)OCc1c2ccccc2cc2ccccc12. The molecular weight excluding hydrogens is 1550 g/mol. The van der Waals surface area contributed by atoms with Gasteiger partial charge in [-0.3, -0.25) is 62.3 Å². The second kappa shape index (κ2) is 57.1. The lowest BCUT2D eigenvalue weighted by molar-refractivity contribution is -0.172. The molecule has 0 aromatic heterocycles. The number of ether oxygens (including phenoxy) is 15. The van der Waals surface area contributed by atoms with E-state index in [2.05, 4.69) is 26.6 Å². The maximum atomic E-state index is 14.3. The van der Waals surface area contributed by atoms with E-state index in [0.717, 1.165) is 27.1 Å². The number of aliphatic carboxylic acids is 9. The van der Waals surface area contributed by atoms with Crippen molar-refractivity contribution in [2.75, 3.05) is 185 Å². The first kappa shape index (κ1) is 100. The van der Waals surface area contributed by atoms with Crippen LogP contribution in [-0.2, 0) is 140 Å². The Labute approximate surface area is 664 Å². The Morgan fingerprint density at radius 2 is 0.560 bits per heavy atom. The Bertz CT molecular complexity index is 3300. The summed E-state index contributed by atoms with van der Waals surface area (Å²) in [5.74, 6) is -14.9. The molecule has 14 N–H and O–H groups in total. The molecule has 0 aliphatic carbocycles. The van der Waals surface area contributed by atoms with Crippen LogP contribution in [0.3, 0.4) is 0 Å². The molecule has 3 aromatic rings. The summed E-state index contributed by atoms with van der Waals surface area (Å²) in [6.45, 7) is -13.4. The van der Waals surface area contributed by atoms with Crippen molar-refractivity contribution in [3.8, 4) is 0 Å². The van der Waals surface area contributed by atoms with E-state index in [9.17, 15) is 113 Å². The average molecular weight is 1660 g/mol. The quantitative estimate of drug-likeness (QED) is 0.0205. The van der Waals surface area contributed by atoms with Gasteiger partial charge in [0.25, 0.3) is 0 Å². The third kappa shape index (κ3) is 45.9. The summed E-state index contributed by atoms with van der Waals surface area (Å²) < 4.78 is 85.5. The number of benzene rings is 3. The molecule has 0 saturated carbocycles. The maximum Gasteiger partial charge on any atom is 0.407 e. The van der Waals surface area contributed by atoms with E-state index < -0.39 is 341 Å². The van der Waals surface area contributed by atoms with Gasteiger partial charge >= 0.3 is 59.8 Å². The Kier molecular flexibility index (Phi) is 49.3. The van der Waals surface area contributed by atoms with Crippen LogP contribution in [0.15, 0.2) is 54.6 Å². The third-order valence-electron chi connectivity index (χ3n) is 15.8. The Balaban J connectivity index is 2.04. The monoisotopic (exact) mass is 1660 g/mol. The minimum Gasteiger partial charge on any atom is -0.481 e. The summed E-state index contributed by atoms with van der Waals surface area (Å²) >= 11 is 0. The van der Waals surface area contributed by atoms with Gasteiger partial charge in [-0.15, -0.1) is 0 Å². The fourth-order valence-electron chi connectivity index (χ4n) is 10.3. The molecule has 0 saturated heterocycles. The van der Waals surface area contributed by atoms with Gasteiger partial charge in [-0.05, 0) is 27.6 Å². The van der Waals surface area contributed by atoms with E-state index in [0.29, 0.717) is 0 Å². The Morgan fingerprint density at radius 3 is 0.888 bits per heavy atom. The zero-order valence-corrected chi connectivity index (χ0v) is 64.1. The lowest BCUT2D eigenvalue weighted by Crippen LogP contribution is -2.60. The zero-order chi connectivity index (χ0) is 85.5. The van der Waals surface area contributed by atoms with Crippen LogP contribution in [0.2, 0.25) is 0 Å². The first-order valence-electron chi connectivity index (χ1n) is 36.5. The molecule has 0 aliphatic heterocycles. The normalized spacial score (nSPS) is 11.7. The minimum atomic E-state index is -2.09. The number of nitrogens with one attached hydrogen (secondary N) is 5. The van der Waals surface area contributed by atoms with Gasteiger partial charge in [0.15, 0.2) is 5.72 Å². The molecule has 0 fully saturated rings. The van der Waals surface area contributed by atoms with Crippen LogP contribution in [-0.4, -0.2) is 337 Å². The first-order valence-corrected chi connectivity index (χ1v) is 36.5. The molecule has 0 atom stereocenters. The van der Waals surface area contributed by atoms with Crippen molar-refractivity contribution in [2.45, 2.75) is 106 Å². The van der Waals surface area contributed by atoms with E-state index in [1.165, 1.54) is 0 Å². The molecule has 0 bridgehead atoms. The number of carbonyl (C=O) groups excluding carboxylic acids is 5. The molecule has 3 rings (SSSR count). The second-order valence-electron chi connectivity index (χ2n) is 26.0. The van der Waals surface area contributed by atoms with Crippen LogP contribution in [0.5, 0.6) is 0 Å². The molecular formula is C73H105N5O38. The van der Waals surface area contributed by atoms with Crippen molar-refractivity contribution in [3.63, 3.8) is 0 Å². The summed E-state index contributed by atoms with van der Waals surface area (Å²) in [6.07, 6.45) is -7.23. The van der Waals surface area contributed by atoms with Gasteiger partial charge in [-0.2, -0.15) is 0 Å². The number of carboxylic acid groups (broad SMARTS) is 9. The van der Waals surface area contributed by atoms with E-state index in [1.807, 2.05) is 54.6 Å². The van der Waals surface area contributed by atoms with E-state index in [-0.39, 0.29) is 33.0 Å². The number of carbonyl (C=O) groups is 14. The van der Waals surface area contributed by atoms with Gasteiger partial charge in [0.2, 0.25) is 23.6 Å². The number of rotatable bonds is 73. The first-order chi connectivity index (χ1) is 55.4. The van der Waals surface area contributed by atoms with E-state index in [4.69, 9.17) is 71.1 Å². The van der Waals surface area contributed by atoms with Crippen LogP contribution in [0.25, 0.3) is 21.5 Å². The maximum absolute atomic E-state index is 14.3. The third-order valence-corrected chi connectivity index (χ3v) is 15.8. The zero-order valence-electron chi connectivity index (χ0n) is 64.1. The van der Waals surface area contributed by atoms with Crippen molar-refractivity contribution in [2.24, 2.45) is 0 Å². The summed E-state index contributed by atoms with van der Waals surface area (Å²) in [5, 5.41) is 101. The number of hydrogen-bond donors (Lipinski definition) is 14. The van der Waals surface area contributed by atoms with Gasteiger partial charge < -0.3 is 144 Å². The van der Waals surface area contributed by atoms with Crippen molar-refractivity contribution >= 4 is 105 Å². The standard InChI is InChI=1S/C73H105N5O38/c79-56(75-70(40-107-25-12-60(83)84,41-108-26-13-61(85)86)42-109-27-14-62(87)88)9-22-104-46-72(48-106-24-11-58(81)78-73(116-33-20-68(99)100,49-113-31-18-66(95)96)50-114-32-19-67(97)98,47-105-23-10-57(80)76-71(43-110-28-15-63(89)90,44-111-29-16-64(91)92)45-112-30-17-65(93)94)77-59(82)39-103-36-35-102-34-21-74-69(101)115-38-55-53-7-3-1-5-51(53)37-52-6-2-4-8-54(52)55/h1-8,37H,9-36,38-50H2,(H,74,101)(H,75,79)(H,76,80)(H,77,82)(H,78,81)(H,83,84)(H,85,86)(H,87,88)(H,89,90)(H,91,92)(H,93,94)(H,95,96)(H,97,98)(H,99,100). The molecule has 650 valence electrons. The average Bonchev–Trinajstić information content (AvgIpc) is 0.777. The summed E-state index contributed by atoms with van der Waals surface area (Å²) in [5.41, 5.74) is -6.74. The van der Waals surface area contributed by atoms with Crippen LogP contribution >= 0.6 is 0 Å². The van der Waals surface area contributed by atoms with Crippen LogP contribution < -0.4 is 26.6 Å². The largest absolute Gasteiger partial charge is 0.481 e. The summed E-state index contributed by atoms with van der Waals surface area (Å²) in [7, 11) is 0. The molecule has 0 unspecified atom stereocenters. The molecule has 116 heavy (non-hydrogen) atoms. The number of hydrogen-bond acceptors (Lipinski definition) is 29. The lowest BCUT2D eigenvalue weighted by atomic mass is 9.97. The predicted octanol–water partition coefficient (Wildman–Crippen LogP) is 0.272. The van der Waals surface area contributed by atoms with Gasteiger partial charge in [-0.1, -0.05) is 48.5 Å². The van der Waals surface area contributed by atoms with Crippen molar-refractivity contribution in [1.82, 2.24) is 26.6 Å². The van der Waals surface area contributed by atoms with Gasteiger partial charge in [0, 0.05) is 24.9 Å². The molecule has 0 heterocycles. The highest BCUT2D eigenvalue weighted by Gasteiger charge is 2.39. The topological polar surface area (TPSA) is 620 Å².